The zero-order valence-corrected chi connectivity index (χ0v) is 13.6. The van der Waals surface area contributed by atoms with Gasteiger partial charge in [-0.15, -0.1) is 0 Å². The number of amides is 2. The van der Waals surface area contributed by atoms with Gasteiger partial charge < -0.3 is 20.1 Å². The average Bonchev–Trinajstić information content (AvgIpc) is 2.59. The van der Waals surface area contributed by atoms with E-state index in [1.165, 1.54) is 0 Å². The molecule has 0 radical (unpaired) electrons. The van der Waals surface area contributed by atoms with E-state index >= 15 is 0 Å². The lowest BCUT2D eigenvalue weighted by atomic mass is 9.95. The van der Waals surface area contributed by atoms with Crippen LogP contribution in [-0.4, -0.2) is 31.2 Å². The number of hydrogen-bond acceptors (Lipinski definition) is 5. The first kappa shape index (κ1) is 17.5. The lowest BCUT2D eigenvalue weighted by Crippen LogP contribution is -2.47. The lowest BCUT2D eigenvalue weighted by Gasteiger charge is -2.29. The molecule has 7 heteroatoms. The van der Waals surface area contributed by atoms with Crippen molar-refractivity contribution in [1.82, 2.24) is 10.6 Å². The Balaban J connectivity index is 2.41. The fourth-order valence-electron chi connectivity index (χ4n) is 2.33. The van der Waals surface area contributed by atoms with Crippen LogP contribution in [0.5, 0.6) is 0 Å². The third-order valence-electron chi connectivity index (χ3n) is 3.45. The Morgan fingerprint density at radius 2 is 1.83 bits per heavy atom. The molecule has 0 bridgehead atoms. The van der Waals surface area contributed by atoms with Crippen LogP contribution in [-0.2, 0) is 19.1 Å². The second kappa shape index (κ2) is 8.14. The molecule has 1 aromatic carbocycles. The van der Waals surface area contributed by atoms with Crippen molar-refractivity contribution in [2.24, 2.45) is 0 Å². The number of rotatable bonds is 6. The molecule has 1 aliphatic rings. The van der Waals surface area contributed by atoms with Crippen molar-refractivity contribution in [2.75, 3.05) is 13.2 Å². The summed E-state index contributed by atoms with van der Waals surface area (Å²) in [5.74, 6) is -0.990. The van der Waals surface area contributed by atoms with Gasteiger partial charge >= 0.3 is 18.0 Å². The molecule has 2 rings (SSSR count). The van der Waals surface area contributed by atoms with Gasteiger partial charge in [-0.1, -0.05) is 37.3 Å². The van der Waals surface area contributed by atoms with Crippen molar-refractivity contribution < 1.29 is 23.9 Å². The lowest BCUT2D eigenvalue weighted by molar-refractivity contribution is -0.143. The zero-order chi connectivity index (χ0) is 17.5. The summed E-state index contributed by atoms with van der Waals surface area (Å²) < 4.78 is 10.2. The van der Waals surface area contributed by atoms with E-state index in [4.69, 9.17) is 9.47 Å². The molecule has 0 fully saturated rings. The summed E-state index contributed by atoms with van der Waals surface area (Å²) in [6.45, 7) is 3.36. The molecular formula is C17H20N2O5. The van der Waals surface area contributed by atoms with Crippen LogP contribution in [0.1, 0.15) is 31.9 Å². The number of hydrogen-bond donors (Lipinski definition) is 2. The average molecular weight is 332 g/mol. The number of benzene rings is 1. The van der Waals surface area contributed by atoms with Gasteiger partial charge in [0.2, 0.25) is 0 Å². The van der Waals surface area contributed by atoms with Crippen LogP contribution in [0.15, 0.2) is 41.6 Å². The van der Waals surface area contributed by atoms with E-state index < -0.39 is 24.0 Å². The van der Waals surface area contributed by atoms with Gasteiger partial charge in [0.15, 0.2) is 0 Å². The predicted octanol–water partition coefficient (Wildman–Crippen LogP) is 1.81. The highest BCUT2D eigenvalue weighted by atomic mass is 16.5. The van der Waals surface area contributed by atoms with E-state index in [-0.39, 0.29) is 30.9 Å². The number of ether oxygens (including phenoxy) is 2. The molecule has 0 saturated heterocycles. The number of urea groups is 1. The Morgan fingerprint density at radius 1 is 1.12 bits per heavy atom. The Morgan fingerprint density at radius 3 is 2.46 bits per heavy atom. The van der Waals surface area contributed by atoms with Crippen LogP contribution in [0.2, 0.25) is 0 Å². The minimum Gasteiger partial charge on any atom is -0.463 e. The molecule has 1 aliphatic heterocycles. The Kier molecular flexibility index (Phi) is 5.95. The smallest absolute Gasteiger partial charge is 0.338 e. The minimum atomic E-state index is -0.672. The summed E-state index contributed by atoms with van der Waals surface area (Å²) >= 11 is 0. The molecule has 7 nitrogen and oxygen atoms in total. The monoisotopic (exact) mass is 332 g/mol. The molecule has 0 aromatic heterocycles. The third kappa shape index (κ3) is 4.13. The maximum Gasteiger partial charge on any atom is 0.338 e. The van der Waals surface area contributed by atoms with Crippen LogP contribution in [0.4, 0.5) is 4.79 Å². The van der Waals surface area contributed by atoms with E-state index in [0.717, 1.165) is 5.56 Å². The molecular weight excluding hydrogens is 312 g/mol. The van der Waals surface area contributed by atoms with Crippen LogP contribution >= 0.6 is 0 Å². The maximum atomic E-state index is 12.4. The topological polar surface area (TPSA) is 93.7 Å². The normalized spacial score (nSPS) is 16.9. The second-order valence-electron chi connectivity index (χ2n) is 5.07. The first-order valence-electron chi connectivity index (χ1n) is 7.75. The molecule has 1 unspecified atom stereocenters. The van der Waals surface area contributed by atoms with E-state index in [1.807, 2.05) is 18.2 Å². The molecule has 24 heavy (non-hydrogen) atoms. The van der Waals surface area contributed by atoms with Gasteiger partial charge in [0, 0.05) is 6.42 Å². The molecule has 2 amide bonds. The molecule has 0 aliphatic carbocycles. The highest BCUT2D eigenvalue weighted by molar-refractivity contribution is 5.95. The van der Waals surface area contributed by atoms with Crippen molar-refractivity contribution in [1.29, 1.82) is 0 Å². The standard InChI is InChI=1S/C17H20N2O5/c1-3-13(20)24-10-12-14(16(21)23-4-2)15(19-17(22)18-12)11-8-6-5-7-9-11/h5-9,15H,3-4,10H2,1-2H3,(H2,18,19,22). The fourth-order valence-corrected chi connectivity index (χ4v) is 2.33. The summed E-state index contributed by atoms with van der Waals surface area (Å²) in [6.07, 6.45) is 0.205. The highest BCUT2D eigenvalue weighted by Gasteiger charge is 2.34. The van der Waals surface area contributed by atoms with Crippen LogP contribution < -0.4 is 10.6 Å². The molecule has 1 atom stereocenters. The number of carbonyl (C=O) groups is 3. The fraction of sp³-hybridized carbons (Fsp3) is 0.353. The third-order valence-corrected chi connectivity index (χ3v) is 3.45. The van der Waals surface area contributed by atoms with Gasteiger partial charge in [0.1, 0.15) is 6.61 Å². The Hall–Kier alpha value is -2.83. The van der Waals surface area contributed by atoms with Crippen LogP contribution in [0.25, 0.3) is 0 Å². The van der Waals surface area contributed by atoms with Gasteiger partial charge in [-0.3, -0.25) is 4.79 Å². The summed E-state index contributed by atoms with van der Waals surface area (Å²) in [7, 11) is 0. The Labute approximate surface area is 140 Å². The number of esters is 2. The Bertz CT molecular complexity index is 654. The van der Waals surface area contributed by atoms with E-state index in [2.05, 4.69) is 10.6 Å². The number of nitrogens with one attached hydrogen (secondary N) is 2. The predicted molar refractivity (Wildman–Crippen MR) is 85.8 cm³/mol. The van der Waals surface area contributed by atoms with E-state index in [0.29, 0.717) is 0 Å². The zero-order valence-electron chi connectivity index (χ0n) is 13.6. The molecule has 0 spiro atoms. The van der Waals surface area contributed by atoms with E-state index in [1.54, 1.807) is 26.0 Å². The first-order chi connectivity index (χ1) is 11.6. The van der Waals surface area contributed by atoms with Crippen molar-refractivity contribution in [3.63, 3.8) is 0 Å². The minimum absolute atomic E-state index is 0.194. The van der Waals surface area contributed by atoms with Gasteiger partial charge in [-0.2, -0.15) is 0 Å². The maximum absolute atomic E-state index is 12.4. The van der Waals surface area contributed by atoms with Gasteiger partial charge in [0.05, 0.1) is 23.9 Å². The van der Waals surface area contributed by atoms with Crippen molar-refractivity contribution in [3.8, 4) is 0 Å². The van der Waals surface area contributed by atoms with Crippen molar-refractivity contribution in [2.45, 2.75) is 26.3 Å². The molecule has 1 aromatic rings. The van der Waals surface area contributed by atoms with Crippen molar-refractivity contribution in [3.05, 3.63) is 47.2 Å². The van der Waals surface area contributed by atoms with Gasteiger partial charge in [-0.25, -0.2) is 9.59 Å². The summed E-state index contributed by atoms with van der Waals surface area (Å²) in [4.78, 5) is 35.8. The summed E-state index contributed by atoms with van der Waals surface area (Å²) in [6, 6.07) is 7.90. The van der Waals surface area contributed by atoms with E-state index in [9.17, 15) is 14.4 Å². The highest BCUT2D eigenvalue weighted by Crippen LogP contribution is 2.27. The largest absolute Gasteiger partial charge is 0.463 e. The molecule has 0 saturated carbocycles. The molecule has 128 valence electrons. The molecule has 2 N–H and O–H groups in total. The van der Waals surface area contributed by atoms with Crippen LogP contribution in [0.3, 0.4) is 0 Å². The summed E-state index contributed by atoms with van der Waals surface area (Å²) in [5, 5.41) is 5.24. The van der Waals surface area contributed by atoms with Gasteiger partial charge in [0.25, 0.3) is 0 Å². The summed E-state index contributed by atoms with van der Waals surface area (Å²) in [5.41, 5.74) is 1.19. The van der Waals surface area contributed by atoms with Crippen LogP contribution in [0, 0.1) is 0 Å². The molecule has 1 heterocycles. The van der Waals surface area contributed by atoms with Gasteiger partial charge in [-0.05, 0) is 12.5 Å². The number of carbonyl (C=O) groups excluding carboxylic acids is 3. The van der Waals surface area contributed by atoms with Crippen molar-refractivity contribution >= 4 is 18.0 Å². The second-order valence-corrected chi connectivity index (χ2v) is 5.07. The first-order valence-corrected chi connectivity index (χ1v) is 7.75. The quantitative estimate of drug-likeness (QED) is 0.775. The SMILES string of the molecule is CCOC(=O)C1=C(COC(=O)CC)NC(=O)NC1c1ccccc1.